The third-order valence-electron chi connectivity index (χ3n) is 2.75. The normalized spacial score (nSPS) is 11.7. The molecule has 0 amide bonds. The molecule has 0 fully saturated rings. The lowest BCUT2D eigenvalue weighted by atomic mass is 10.0. The van der Waals surface area contributed by atoms with Crippen LogP contribution >= 0.6 is 11.6 Å². The molecule has 0 saturated carbocycles. The van der Waals surface area contributed by atoms with E-state index in [1.165, 1.54) is 0 Å². The van der Waals surface area contributed by atoms with Gasteiger partial charge >= 0.3 is 6.18 Å². The molecule has 0 N–H and O–H groups in total. The van der Waals surface area contributed by atoms with Gasteiger partial charge in [0.1, 0.15) is 5.69 Å². The van der Waals surface area contributed by atoms with Crippen LogP contribution in [0.5, 0.6) is 0 Å². The summed E-state index contributed by atoms with van der Waals surface area (Å²) in [6.45, 7) is 2.04. The topological polar surface area (TPSA) is 25.8 Å². The zero-order valence-corrected chi connectivity index (χ0v) is 11.5. The van der Waals surface area contributed by atoms with Gasteiger partial charge in [-0.15, -0.1) is 0 Å². The number of alkyl halides is 3. The van der Waals surface area contributed by atoms with Crippen molar-refractivity contribution in [2.45, 2.75) is 25.9 Å². The molecule has 1 heterocycles. The molecule has 0 unspecified atom stereocenters. The van der Waals surface area contributed by atoms with E-state index in [2.05, 4.69) is 9.97 Å². The molecule has 1 aromatic carbocycles. The van der Waals surface area contributed by atoms with E-state index in [1.807, 2.05) is 19.1 Å². The molecule has 0 spiro atoms. The van der Waals surface area contributed by atoms with Crippen molar-refractivity contribution in [3.63, 3.8) is 0 Å². The first-order valence-electron chi connectivity index (χ1n) is 6.11. The molecule has 6 heteroatoms. The summed E-state index contributed by atoms with van der Waals surface area (Å²) in [5.74, 6) is 0. The molecule has 106 valence electrons. The van der Waals surface area contributed by atoms with Gasteiger partial charge in [-0.2, -0.15) is 13.2 Å². The van der Waals surface area contributed by atoms with E-state index in [1.54, 1.807) is 12.1 Å². The Morgan fingerprint density at radius 1 is 1.15 bits per heavy atom. The monoisotopic (exact) mass is 300 g/mol. The minimum atomic E-state index is -4.54. The van der Waals surface area contributed by atoms with E-state index < -0.39 is 17.2 Å². The van der Waals surface area contributed by atoms with Gasteiger partial charge in [0.2, 0.25) is 5.28 Å². The molecule has 2 rings (SSSR count). The van der Waals surface area contributed by atoms with Crippen molar-refractivity contribution in [3.8, 4) is 11.3 Å². The SMILES string of the molecule is CCCc1cccc(-c2cc(C(F)(F)F)nc(Cl)n2)c1. The molecule has 0 aliphatic carbocycles. The summed E-state index contributed by atoms with van der Waals surface area (Å²) in [5.41, 5.74) is 0.794. The first-order chi connectivity index (χ1) is 9.40. The Labute approximate surface area is 119 Å². The van der Waals surface area contributed by atoms with Crippen LogP contribution in [0.15, 0.2) is 30.3 Å². The van der Waals surface area contributed by atoms with Crippen LogP contribution in [0.2, 0.25) is 5.28 Å². The standard InChI is InChI=1S/C14H12ClF3N2/c1-2-4-9-5-3-6-10(7-9)11-8-12(14(16,17)18)20-13(15)19-11/h3,5-8H,2,4H2,1H3. The summed E-state index contributed by atoms with van der Waals surface area (Å²) >= 11 is 5.58. The number of hydrogen-bond donors (Lipinski definition) is 0. The minimum absolute atomic E-state index is 0.176. The number of benzene rings is 1. The molecular weight excluding hydrogens is 289 g/mol. The van der Waals surface area contributed by atoms with Crippen molar-refractivity contribution in [1.82, 2.24) is 9.97 Å². The molecule has 1 aromatic heterocycles. The summed E-state index contributed by atoms with van der Waals surface area (Å²) in [5, 5.41) is -0.407. The van der Waals surface area contributed by atoms with Gasteiger partial charge in [0, 0.05) is 5.56 Å². The highest BCUT2D eigenvalue weighted by Crippen LogP contribution is 2.31. The van der Waals surface area contributed by atoms with Crippen molar-refractivity contribution >= 4 is 11.6 Å². The van der Waals surface area contributed by atoms with Gasteiger partial charge in [-0.3, -0.25) is 0 Å². The van der Waals surface area contributed by atoms with E-state index in [9.17, 15) is 13.2 Å². The van der Waals surface area contributed by atoms with Crippen molar-refractivity contribution < 1.29 is 13.2 Å². The van der Waals surface area contributed by atoms with Crippen LogP contribution in [0.4, 0.5) is 13.2 Å². The second-order valence-electron chi connectivity index (χ2n) is 4.36. The molecule has 0 aliphatic heterocycles. The Bertz CT molecular complexity index is 612. The summed E-state index contributed by atoms with van der Waals surface area (Å²) in [6, 6.07) is 8.17. The van der Waals surface area contributed by atoms with Crippen LogP contribution in [-0.4, -0.2) is 9.97 Å². The number of rotatable bonds is 3. The largest absolute Gasteiger partial charge is 0.433 e. The number of halogens is 4. The number of aryl methyl sites for hydroxylation is 1. The molecule has 20 heavy (non-hydrogen) atoms. The summed E-state index contributed by atoms with van der Waals surface area (Å²) in [4.78, 5) is 7.09. The van der Waals surface area contributed by atoms with Crippen LogP contribution in [-0.2, 0) is 12.6 Å². The molecule has 0 radical (unpaired) electrons. The lowest BCUT2D eigenvalue weighted by Gasteiger charge is -2.09. The molecule has 2 nitrogen and oxygen atoms in total. The summed E-state index contributed by atoms with van der Waals surface area (Å²) in [6.07, 6.45) is -2.72. The van der Waals surface area contributed by atoms with Crippen molar-refractivity contribution in [3.05, 3.63) is 46.9 Å². The fraction of sp³-hybridized carbons (Fsp3) is 0.286. The third-order valence-corrected chi connectivity index (χ3v) is 2.92. The van der Waals surface area contributed by atoms with E-state index in [0.717, 1.165) is 24.5 Å². The highest BCUT2D eigenvalue weighted by molar-refractivity contribution is 6.28. The molecule has 2 aromatic rings. The number of hydrogen-bond acceptors (Lipinski definition) is 2. The van der Waals surface area contributed by atoms with E-state index in [-0.39, 0.29) is 5.69 Å². The highest BCUT2D eigenvalue weighted by atomic mass is 35.5. The van der Waals surface area contributed by atoms with Crippen LogP contribution < -0.4 is 0 Å². The second-order valence-corrected chi connectivity index (χ2v) is 4.69. The first kappa shape index (κ1) is 14.8. The first-order valence-corrected chi connectivity index (χ1v) is 6.49. The van der Waals surface area contributed by atoms with Gasteiger partial charge in [-0.1, -0.05) is 31.5 Å². The van der Waals surface area contributed by atoms with Gasteiger partial charge in [-0.25, -0.2) is 9.97 Å². The van der Waals surface area contributed by atoms with Crippen molar-refractivity contribution in [1.29, 1.82) is 0 Å². The zero-order chi connectivity index (χ0) is 14.8. The van der Waals surface area contributed by atoms with Crippen LogP contribution in [0.1, 0.15) is 24.6 Å². The molecule has 0 aliphatic rings. The molecule has 0 atom stereocenters. The zero-order valence-electron chi connectivity index (χ0n) is 10.7. The predicted octanol–water partition coefficient (Wildman–Crippen LogP) is 4.77. The van der Waals surface area contributed by atoms with Crippen LogP contribution in [0.25, 0.3) is 11.3 Å². The van der Waals surface area contributed by atoms with E-state index in [0.29, 0.717) is 5.56 Å². The Morgan fingerprint density at radius 2 is 1.90 bits per heavy atom. The summed E-state index contributed by atoms with van der Waals surface area (Å²) < 4.78 is 38.1. The number of nitrogens with zero attached hydrogens (tertiary/aromatic N) is 2. The van der Waals surface area contributed by atoms with Crippen molar-refractivity contribution in [2.24, 2.45) is 0 Å². The minimum Gasteiger partial charge on any atom is -0.218 e. The number of aromatic nitrogens is 2. The predicted molar refractivity (Wildman–Crippen MR) is 71.5 cm³/mol. The second kappa shape index (κ2) is 5.79. The van der Waals surface area contributed by atoms with Crippen LogP contribution in [0, 0.1) is 0 Å². The molecular formula is C14H12ClF3N2. The molecule has 0 saturated heterocycles. The van der Waals surface area contributed by atoms with Gasteiger partial charge in [0.05, 0.1) is 5.69 Å². The average Bonchev–Trinajstić information content (AvgIpc) is 2.38. The highest BCUT2D eigenvalue weighted by Gasteiger charge is 2.33. The maximum absolute atomic E-state index is 12.7. The van der Waals surface area contributed by atoms with Gasteiger partial charge in [0.15, 0.2) is 0 Å². The van der Waals surface area contributed by atoms with Gasteiger partial charge in [0.25, 0.3) is 0 Å². The fourth-order valence-corrected chi connectivity index (χ4v) is 2.07. The quantitative estimate of drug-likeness (QED) is 0.763. The van der Waals surface area contributed by atoms with Crippen molar-refractivity contribution in [2.75, 3.05) is 0 Å². The van der Waals surface area contributed by atoms with Gasteiger partial charge < -0.3 is 0 Å². The van der Waals surface area contributed by atoms with Gasteiger partial charge in [-0.05, 0) is 35.7 Å². The Morgan fingerprint density at radius 3 is 2.55 bits per heavy atom. The lowest BCUT2D eigenvalue weighted by molar-refractivity contribution is -0.141. The smallest absolute Gasteiger partial charge is 0.218 e. The fourth-order valence-electron chi connectivity index (χ4n) is 1.89. The average molecular weight is 301 g/mol. The van der Waals surface area contributed by atoms with Crippen LogP contribution in [0.3, 0.4) is 0 Å². The third kappa shape index (κ3) is 3.48. The van der Waals surface area contributed by atoms with E-state index in [4.69, 9.17) is 11.6 Å². The maximum Gasteiger partial charge on any atom is 0.433 e. The Balaban J connectivity index is 2.47. The summed E-state index contributed by atoms with van der Waals surface area (Å²) in [7, 11) is 0. The Hall–Kier alpha value is -1.62. The lowest BCUT2D eigenvalue weighted by Crippen LogP contribution is -2.09. The maximum atomic E-state index is 12.7. The van der Waals surface area contributed by atoms with E-state index >= 15 is 0 Å². The Kier molecular flexibility index (Phi) is 4.28. The molecule has 0 bridgehead atoms.